The minimum absolute atomic E-state index is 0.0375. The van der Waals surface area contributed by atoms with Gasteiger partial charge in [0.1, 0.15) is 0 Å². The van der Waals surface area contributed by atoms with E-state index < -0.39 is 6.10 Å². The van der Waals surface area contributed by atoms with E-state index in [1.807, 2.05) is 37.3 Å². The van der Waals surface area contributed by atoms with Crippen LogP contribution >= 0.6 is 0 Å². The van der Waals surface area contributed by atoms with Crippen LogP contribution in [0.2, 0.25) is 0 Å². The lowest BCUT2D eigenvalue weighted by Crippen LogP contribution is -2.57. The average molecular weight is 205 g/mol. The Labute approximate surface area is 89.3 Å². The number of para-hydroxylation sites is 1. The van der Waals surface area contributed by atoms with E-state index in [4.69, 9.17) is 0 Å². The van der Waals surface area contributed by atoms with E-state index in [-0.39, 0.29) is 11.8 Å². The molecule has 2 unspecified atom stereocenters. The van der Waals surface area contributed by atoms with E-state index in [0.29, 0.717) is 13.0 Å². The Balaban J connectivity index is 2.04. The molecule has 1 aromatic rings. The molecular weight excluding hydrogens is 190 g/mol. The van der Waals surface area contributed by atoms with Gasteiger partial charge < -0.3 is 10.0 Å². The Bertz CT molecular complexity index is 350. The summed E-state index contributed by atoms with van der Waals surface area (Å²) < 4.78 is 0. The summed E-state index contributed by atoms with van der Waals surface area (Å²) in [4.78, 5) is 13.4. The fraction of sp³-hybridized carbons (Fsp3) is 0.417. The highest BCUT2D eigenvalue weighted by Gasteiger charge is 2.41. The maximum atomic E-state index is 11.7. The van der Waals surface area contributed by atoms with Crippen molar-refractivity contribution in [1.29, 1.82) is 0 Å². The van der Waals surface area contributed by atoms with Crippen LogP contribution < -0.4 is 4.90 Å². The molecule has 0 aliphatic carbocycles. The molecule has 2 rings (SSSR count). The summed E-state index contributed by atoms with van der Waals surface area (Å²) >= 11 is 0. The van der Waals surface area contributed by atoms with E-state index in [0.717, 1.165) is 5.69 Å². The normalized spacial score (nSPS) is 22.4. The van der Waals surface area contributed by atoms with Crippen LogP contribution in [0.5, 0.6) is 0 Å². The first kappa shape index (κ1) is 10.2. The van der Waals surface area contributed by atoms with Gasteiger partial charge in [-0.1, -0.05) is 25.1 Å². The number of amides is 1. The number of rotatable bonds is 3. The lowest BCUT2D eigenvalue weighted by Gasteiger charge is -2.40. The lowest BCUT2D eigenvalue weighted by atomic mass is 9.90. The Kier molecular flexibility index (Phi) is 2.73. The second kappa shape index (κ2) is 4.03. The summed E-state index contributed by atoms with van der Waals surface area (Å²) in [5.41, 5.74) is 0.919. The van der Waals surface area contributed by atoms with Crippen LogP contribution in [0.1, 0.15) is 13.3 Å². The number of benzene rings is 1. The van der Waals surface area contributed by atoms with Crippen LogP contribution in [0.25, 0.3) is 0 Å². The first-order valence-corrected chi connectivity index (χ1v) is 5.28. The van der Waals surface area contributed by atoms with Crippen LogP contribution in [-0.2, 0) is 4.79 Å². The van der Waals surface area contributed by atoms with Crippen molar-refractivity contribution < 1.29 is 9.90 Å². The van der Waals surface area contributed by atoms with Gasteiger partial charge in [-0.3, -0.25) is 4.79 Å². The van der Waals surface area contributed by atoms with Gasteiger partial charge in [-0.2, -0.15) is 0 Å². The van der Waals surface area contributed by atoms with Gasteiger partial charge in [-0.25, -0.2) is 0 Å². The largest absolute Gasteiger partial charge is 0.392 e. The van der Waals surface area contributed by atoms with Crippen molar-refractivity contribution in [1.82, 2.24) is 0 Å². The average Bonchev–Trinajstić information content (AvgIpc) is 2.28. The maximum absolute atomic E-state index is 11.7. The third kappa shape index (κ3) is 1.75. The number of carbonyl (C=O) groups excluding carboxylic acids is 1. The highest BCUT2D eigenvalue weighted by atomic mass is 16.3. The molecule has 0 aromatic heterocycles. The van der Waals surface area contributed by atoms with Crippen LogP contribution in [-0.4, -0.2) is 23.7 Å². The lowest BCUT2D eigenvalue weighted by molar-refractivity contribution is -0.131. The molecule has 0 radical (unpaired) electrons. The molecule has 1 heterocycles. The SMILES string of the molecule is CCC(O)C1CN(c2ccccc2)C1=O. The molecule has 1 saturated heterocycles. The molecule has 3 nitrogen and oxygen atoms in total. The summed E-state index contributed by atoms with van der Waals surface area (Å²) in [6.07, 6.45) is 0.149. The highest BCUT2D eigenvalue weighted by Crippen LogP contribution is 2.28. The second-order valence-corrected chi connectivity index (χ2v) is 3.87. The zero-order chi connectivity index (χ0) is 10.8. The zero-order valence-corrected chi connectivity index (χ0v) is 8.76. The Morgan fingerprint density at radius 1 is 1.47 bits per heavy atom. The molecule has 15 heavy (non-hydrogen) atoms. The van der Waals surface area contributed by atoms with Gasteiger partial charge in [0.25, 0.3) is 0 Å². The van der Waals surface area contributed by atoms with Crippen LogP contribution in [0.3, 0.4) is 0 Å². The molecule has 0 spiro atoms. The number of aliphatic hydroxyl groups is 1. The van der Waals surface area contributed by atoms with Gasteiger partial charge in [0.2, 0.25) is 5.91 Å². The number of carbonyl (C=O) groups is 1. The number of nitrogens with zero attached hydrogens (tertiary/aromatic N) is 1. The fourth-order valence-corrected chi connectivity index (χ4v) is 1.86. The van der Waals surface area contributed by atoms with Crippen molar-refractivity contribution in [2.45, 2.75) is 19.4 Å². The molecule has 1 aliphatic rings. The van der Waals surface area contributed by atoms with Gasteiger partial charge in [0.15, 0.2) is 0 Å². The molecular formula is C12H15NO2. The summed E-state index contributed by atoms with van der Waals surface area (Å²) in [5, 5.41) is 9.57. The van der Waals surface area contributed by atoms with E-state index in [2.05, 4.69) is 0 Å². The molecule has 0 saturated carbocycles. The minimum atomic E-state index is -0.488. The number of hydrogen-bond donors (Lipinski definition) is 1. The van der Waals surface area contributed by atoms with E-state index in [1.165, 1.54) is 0 Å². The molecule has 0 bridgehead atoms. The van der Waals surface area contributed by atoms with E-state index >= 15 is 0 Å². The molecule has 3 heteroatoms. The molecule has 1 fully saturated rings. The van der Waals surface area contributed by atoms with Crippen molar-refractivity contribution in [2.24, 2.45) is 5.92 Å². The Hall–Kier alpha value is -1.35. The quantitative estimate of drug-likeness (QED) is 0.758. The summed E-state index contributed by atoms with van der Waals surface area (Å²) in [6, 6.07) is 9.56. The smallest absolute Gasteiger partial charge is 0.234 e. The number of β-lactam (4-membered cyclic amide) rings is 1. The van der Waals surface area contributed by atoms with Crippen LogP contribution in [0.4, 0.5) is 5.69 Å². The monoisotopic (exact) mass is 205 g/mol. The molecule has 1 aromatic carbocycles. The topological polar surface area (TPSA) is 40.5 Å². The summed E-state index contributed by atoms with van der Waals surface area (Å²) in [7, 11) is 0. The van der Waals surface area contributed by atoms with Gasteiger partial charge in [-0.05, 0) is 18.6 Å². The number of aliphatic hydroxyl groups excluding tert-OH is 1. The van der Waals surface area contributed by atoms with Gasteiger partial charge >= 0.3 is 0 Å². The zero-order valence-electron chi connectivity index (χ0n) is 8.76. The Morgan fingerprint density at radius 3 is 2.67 bits per heavy atom. The second-order valence-electron chi connectivity index (χ2n) is 3.87. The maximum Gasteiger partial charge on any atom is 0.234 e. The van der Waals surface area contributed by atoms with E-state index in [1.54, 1.807) is 4.90 Å². The number of hydrogen-bond acceptors (Lipinski definition) is 2. The van der Waals surface area contributed by atoms with Crippen molar-refractivity contribution in [3.63, 3.8) is 0 Å². The predicted molar refractivity (Wildman–Crippen MR) is 58.6 cm³/mol. The minimum Gasteiger partial charge on any atom is -0.392 e. The van der Waals surface area contributed by atoms with E-state index in [9.17, 15) is 9.90 Å². The first-order valence-electron chi connectivity index (χ1n) is 5.28. The first-order chi connectivity index (χ1) is 7.24. The van der Waals surface area contributed by atoms with Gasteiger partial charge in [0.05, 0.1) is 12.0 Å². The fourth-order valence-electron chi connectivity index (χ4n) is 1.86. The molecule has 2 atom stereocenters. The van der Waals surface area contributed by atoms with Crippen molar-refractivity contribution in [3.05, 3.63) is 30.3 Å². The standard InChI is InChI=1S/C12H15NO2/c1-2-11(14)10-8-13(12(10)15)9-6-4-3-5-7-9/h3-7,10-11,14H,2,8H2,1H3. The predicted octanol–water partition coefficient (Wildman–Crippen LogP) is 1.42. The summed E-state index contributed by atoms with van der Waals surface area (Å²) in [5.74, 6) is -0.161. The van der Waals surface area contributed by atoms with Crippen molar-refractivity contribution >= 4 is 11.6 Å². The highest BCUT2D eigenvalue weighted by molar-refractivity contribution is 6.01. The van der Waals surface area contributed by atoms with Crippen LogP contribution in [0.15, 0.2) is 30.3 Å². The third-order valence-electron chi connectivity index (χ3n) is 2.91. The molecule has 1 aliphatic heterocycles. The molecule has 1 amide bonds. The number of anilines is 1. The van der Waals surface area contributed by atoms with Gasteiger partial charge in [-0.15, -0.1) is 0 Å². The van der Waals surface area contributed by atoms with Crippen LogP contribution in [0, 0.1) is 5.92 Å². The van der Waals surface area contributed by atoms with Crippen molar-refractivity contribution in [3.8, 4) is 0 Å². The van der Waals surface area contributed by atoms with Crippen molar-refractivity contribution in [2.75, 3.05) is 11.4 Å². The third-order valence-corrected chi connectivity index (χ3v) is 2.91. The summed E-state index contributed by atoms with van der Waals surface area (Å²) in [6.45, 7) is 2.53. The molecule has 80 valence electrons. The Morgan fingerprint density at radius 2 is 2.13 bits per heavy atom. The molecule has 1 N–H and O–H groups in total. The van der Waals surface area contributed by atoms with Gasteiger partial charge in [0, 0.05) is 12.2 Å².